The number of hydrogen-bond donors (Lipinski definition) is 1. The van der Waals surface area contributed by atoms with Crippen molar-refractivity contribution in [2.45, 2.75) is 19.8 Å². The van der Waals surface area contributed by atoms with Gasteiger partial charge in [-0.1, -0.05) is 13.3 Å². The third-order valence-corrected chi connectivity index (χ3v) is 1.19. The van der Waals surface area contributed by atoms with E-state index in [9.17, 15) is 8.42 Å². The van der Waals surface area contributed by atoms with Crippen LogP contribution in [0.4, 0.5) is 0 Å². The van der Waals surface area contributed by atoms with Gasteiger partial charge in [0, 0.05) is 0 Å². The quantitative estimate of drug-likeness (QED) is 0.287. The van der Waals surface area contributed by atoms with Gasteiger partial charge in [-0.2, -0.15) is 8.42 Å². The summed E-state index contributed by atoms with van der Waals surface area (Å²) in [6, 6.07) is 0. The normalized spacial score (nSPS) is 10.6. The number of rotatable bonds is 4. The molecule has 0 spiro atoms. The van der Waals surface area contributed by atoms with E-state index >= 15 is 0 Å². The molecular weight excluding hydrogens is 151 g/mol. The minimum atomic E-state index is -4.20. The van der Waals surface area contributed by atoms with Crippen molar-refractivity contribution in [2.24, 2.45) is 0 Å². The maximum absolute atomic E-state index is 9.84. The molecule has 0 rings (SSSR count). The van der Waals surface area contributed by atoms with Crippen LogP contribution in [0.15, 0.2) is 0 Å². The molecule has 0 radical (unpaired) electrons. The van der Waals surface area contributed by atoms with Gasteiger partial charge in [0.25, 0.3) is 0 Å². The van der Waals surface area contributed by atoms with Gasteiger partial charge in [0.1, 0.15) is 0 Å². The van der Waals surface area contributed by atoms with Crippen molar-refractivity contribution in [1.82, 2.24) is 0 Å². The summed E-state index contributed by atoms with van der Waals surface area (Å²) < 4.78 is 31.7. The van der Waals surface area contributed by atoms with Crippen LogP contribution >= 0.6 is 0 Å². The number of hydrogen-bond acceptors (Lipinski definition) is 3. The van der Waals surface area contributed by atoms with Crippen LogP contribution in [0.2, 0.25) is 0 Å². The molecule has 10 heavy (non-hydrogen) atoms. The summed E-state index contributed by atoms with van der Waals surface area (Å²) in [5, 5.41) is 0. The Balaban J connectivity index is -0.000000320. The molecule has 0 aromatic rings. The molecule has 0 aliphatic heterocycles. The van der Waals surface area contributed by atoms with E-state index in [-0.39, 0.29) is 26.9 Å². The molecule has 0 fully saturated rings. The van der Waals surface area contributed by atoms with Crippen LogP contribution in [0, 0.1) is 0 Å². The monoisotopic (exact) mass is 162 g/mol. The molecule has 0 saturated carbocycles. The van der Waals surface area contributed by atoms with Crippen molar-refractivity contribution in [2.75, 3.05) is 6.61 Å². The van der Waals surface area contributed by atoms with Crippen molar-refractivity contribution in [3.05, 3.63) is 0 Å². The Kier molecular flexibility index (Phi) is 8.11. The molecule has 58 valence electrons. The van der Waals surface area contributed by atoms with Crippen LogP contribution in [0.25, 0.3) is 0 Å². The zero-order chi connectivity index (χ0) is 7.33. The SMILES string of the molecule is CCCCOS(=O)(=O)O.[H-].[Li+]. The van der Waals surface area contributed by atoms with Crippen LogP contribution in [0.5, 0.6) is 0 Å². The molecule has 0 aromatic heterocycles. The van der Waals surface area contributed by atoms with Crippen molar-refractivity contribution < 1.29 is 37.4 Å². The number of unbranched alkanes of at least 4 members (excludes halogenated alkanes) is 1. The van der Waals surface area contributed by atoms with Gasteiger partial charge in [0.15, 0.2) is 0 Å². The van der Waals surface area contributed by atoms with Crippen molar-refractivity contribution in [3.8, 4) is 0 Å². The Hall–Kier alpha value is 0.467. The third kappa shape index (κ3) is 11.3. The third-order valence-electron chi connectivity index (χ3n) is 0.730. The summed E-state index contributed by atoms with van der Waals surface area (Å²) in [5.74, 6) is 0. The first-order valence-corrected chi connectivity index (χ1v) is 4.04. The average Bonchev–Trinajstić information content (AvgIpc) is 1.63. The first kappa shape index (κ1) is 13.1. The second-order valence-corrected chi connectivity index (χ2v) is 2.69. The fourth-order valence-electron chi connectivity index (χ4n) is 0.309. The van der Waals surface area contributed by atoms with E-state index in [1.54, 1.807) is 0 Å². The molecule has 0 saturated heterocycles. The zero-order valence-corrected chi connectivity index (χ0v) is 7.02. The Bertz CT molecular complexity index is 157. The van der Waals surface area contributed by atoms with E-state index in [4.69, 9.17) is 4.55 Å². The predicted octanol–water partition coefficient (Wildman–Crippen LogP) is -2.28. The zero-order valence-electron chi connectivity index (χ0n) is 7.20. The summed E-state index contributed by atoms with van der Waals surface area (Å²) in [6.45, 7) is 1.96. The molecule has 0 bridgehead atoms. The van der Waals surface area contributed by atoms with Crippen LogP contribution in [0.3, 0.4) is 0 Å². The molecule has 0 amide bonds. The van der Waals surface area contributed by atoms with Crippen molar-refractivity contribution in [1.29, 1.82) is 0 Å². The first-order chi connectivity index (χ1) is 4.06. The molecule has 0 aromatic carbocycles. The van der Waals surface area contributed by atoms with Gasteiger partial charge in [-0.25, -0.2) is 4.18 Å². The minimum Gasteiger partial charge on any atom is -1.00 e. The van der Waals surface area contributed by atoms with Gasteiger partial charge in [-0.15, -0.1) is 0 Å². The van der Waals surface area contributed by atoms with Crippen LogP contribution in [0.1, 0.15) is 21.2 Å². The summed E-state index contributed by atoms with van der Waals surface area (Å²) in [5.41, 5.74) is 0. The fourth-order valence-corrected chi connectivity index (χ4v) is 0.637. The summed E-state index contributed by atoms with van der Waals surface area (Å²) in [7, 11) is -4.20. The summed E-state index contributed by atoms with van der Waals surface area (Å²) in [4.78, 5) is 0. The molecule has 0 unspecified atom stereocenters. The van der Waals surface area contributed by atoms with Crippen LogP contribution < -0.4 is 18.9 Å². The molecule has 0 heterocycles. The van der Waals surface area contributed by atoms with Gasteiger partial charge >= 0.3 is 29.3 Å². The smallest absolute Gasteiger partial charge is 1.00 e. The molecule has 0 atom stereocenters. The fraction of sp³-hybridized carbons (Fsp3) is 1.00. The summed E-state index contributed by atoms with van der Waals surface area (Å²) in [6.07, 6.45) is 1.48. The van der Waals surface area contributed by atoms with Crippen molar-refractivity contribution >= 4 is 10.4 Å². The molecule has 4 nitrogen and oxygen atoms in total. The first-order valence-electron chi connectivity index (χ1n) is 2.68. The van der Waals surface area contributed by atoms with Gasteiger partial charge in [0.2, 0.25) is 0 Å². The minimum absolute atomic E-state index is 0. The maximum atomic E-state index is 9.84. The maximum Gasteiger partial charge on any atom is 1.00 e. The van der Waals surface area contributed by atoms with E-state index in [1.807, 2.05) is 6.92 Å². The van der Waals surface area contributed by atoms with Gasteiger partial charge < -0.3 is 1.43 Å². The Labute approximate surface area is 74.6 Å². The Morgan fingerprint density at radius 3 is 2.40 bits per heavy atom. The molecule has 0 aliphatic rings. The van der Waals surface area contributed by atoms with E-state index in [2.05, 4.69) is 4.18 Å². The van der Waals surface area contributed by atoms with Gasteiger partial charge in [0.05, 0.1) is 6.61 Å². The second-order valence-electron chi connectivity index (χ2n) is 1.60. The van der Waals surface area contributed by atoms with Gasteiger partial charge in [-0.3, -0.25) is 4.55 Å². The van der Waals surface area contributed by atoms with E-state index in [0.29, 0.717) is 6.42 Å². The standard InChI is InChI=1S/C4H10O4S.Li.H/c1-2-3-4-8-9(5,6)7;;/h2-4H2,1H3,(H,5,6,7);;/q;+1;-1. The Morgan fingerprint density at radius 2 is 2.10 bits per heavy atom. The van der Waals surface area contributed by atoms with Crippen LogP contribution in [-0.2, 0) is 14.6 Å². The molecule has 6 heteroatoms. The molecule has 1 N–H and O–H groups in total. The largest absolute Gasteiger partial charge is 1.00 e. The topological polar surface area (TPSA) is 63.6 Å². The average molecular weight is 162 g/mol. The van der Waals surface area contributed by atoms with E-state index in [0.717, 1.165) is 6.42 Å². The van der Waals surface area contributed by atoms with E-state index in [1.165, 1.54) is 0 Å². The second kappa shape index (κ2) is 6.20. The summed E-state index contributed by atoms with van der Waals surface area (Å²) >= 11 is 0. The van der Waals surface area contributed by atoms with Gasteiger partial charge in [-0.05, 0) is 6.42 Å². The van der Waals surface area contributed by atoms with Crippen molar-refractivity contribution in [3.63, 3.8) is 0 Å². The van der Waals surface area contributed by atoms with E-state index < -0.39 is 10.4 Å². The molecular formula is C4H11LiO4S. The van der Waals surface area contributed by atoms with Crippen LogP contribution in [-0.4, -0.2) is 19.6 Å². The predicted molar refractivity (Wildman–Crippen MR) is 33.5 cm³/mol. The molecule has 0 aliphatic carbocycles. The Morgan fingerprint density at radius 1 is 1.60 bits per heavy atom.